The number of hydrogen-bond acceptors (Lipinski definition) is 4. The SMILES string of the molecule is COc1cc(C#N)ccc1NCC(O)c1ccc(Cl)cc1. The van der Waals surface area contributed by atoms with Crippen LogP contribution in [0.15, 0.2) is 42.5 Å². The van der Waals surface area contributed by atoms with Gasteiger partial charge in [0.2, 0.25) is 0 Å². The van der Waals surface area contributed by atoms with Gasteiger partial charge in [0.05, 0.1) is 30.5 Å². The highest BCUT2D eigenvalue weighted by molar-refractivity contribution is 6.30. The summed E-state index contributed by atoms with van der Waals surface area (Å²) in [6.07, 6.45) is -0.664. The normalized spacial score (nSPS) is 11.5. The van der Waals surface area contributed by atoms with Gasteiger partial charge in [0.1, 0.15) is 5.75 Å². The lowest BCUT2D eigenvalue weighted by Crippen LogP contribution is -2.12. The van der Waals surface area contributed by atoms with Gasteiger partial charge in [-0.1, -0.05) is 23.7 Å². The molecule has 2 N–H and O–H groups in total. The second-order valence-corrected chi connectivity index (χ2v) is 4.91. The van der Waals surface area contributed by atoms with Crippen LogP contribution in [0.5, 0.6) is 5.75 Å². The van der Waals surface area contributed by atoms with E-state index in [1.807, 2.05) is 0 Å². The van der Waals surface area contributed by atoms with Crippen molar-refractivity contribution in [3.05, 3.63) is 58.6 Å². The molecule has 0 fully saturated rings. The molecule has 2 aromatic rings. The Labute approximate surface area is 128 Å². The summed E-state index contributed by atoms with van der Waals surface area (Å²) < 4.78 is 5.23. The van der Waals surface area contributed by atoms with Crippen molar-refractivity contribution >= 4 is 17.3 Å². The lowest BCUT2D eigenvalue weighted by atomic mass is 10.1. The fraction of sp³-hybridized carbons (Fsp3) is 0.188. The molecule has 0 aromatic heterocycles. The second-order valence-electron chi connectivity index (χ2n) is 4.48. The van der Waals surface area contributed by atoms with Gasteiger partial charge in [0.15, 0.2) is 0 Å². The molecule has 0 amide bonds. The Morgan fingerprint density at radius 3 is 2.62 bits per heavy atom. The van der Waals surface area contributed by atoms with Crippen LogP contribution in [0.4, 0.5) is 5.69 Å². The summed E-state index contributed by atoms with van der Waals surface area (Å²) in [5.41, 5.74) is 2.03. The number of benzene rings is 2. The van der Waals surface area contributed by atoms with Crippen molar-refractivity contribution < 1.29 is 9.84 Å². The summed E-state index contributed by atoms with van der Waals surface area (Å²) in [7, 11) is 1.54. The summed E-state index contributed by atoms with van der Waals surface area (Å²) in [6, 6.07) is 14.2. The summed E-state index contributed by atoms with van der Waals surface area (Å²) in [4.78, 5) is 0. The first-order chi connectivity index (χ1) is 10.1. The maximum absolute atomic E-state index is 10.1. The van der Waals surface area contributed by atoms with Crippen LogP contribution in [0.2, 0.25) is 5.02 Å². The number of aliphatic hydroxyl groups excluding tert-OH is 1. The zero-order valence-corrected chi connectivity index (χ0v) is 12.3. The third kappa shape index (κ3) is 3.88. The number of halogens is 1. The lowest BCUT2D eigenvalue weighted by molar-refractivity contribution is 0.191. The fourth-order valence-corrected chi connectivity index (χ4v) is 2.04. The van der Waals surface area contributed by atoms with Gasteiger partial charge in [-0.15, -0.1) is 0 Å². The fourth-order valence-electron chi connectivity index (χ4n) is 1.92. The Morgan fingerprint density at radius 2 is 2.00 bits per heavy atom. The third-order valence-corrected chi connectivity index (χ3v) is 3.32. The highest BCUT2D eigenvalue weighted by atomic mass is 35.5. The van der Waals surface area contributed by atoms with Gasteiger partial charge in [-0.2, -0.15) is 5.26 Å². The molecule has 0 saturated heterocycles. The van der Waals surface area contributed by atoms with E-state index in [1.165, 1.54) is 7.11 Å². The first kappa shape index (κ1) is 15.2. The predicted octanol–water partition coefficient (Wildman–Crippen LogP) is 3.37. The minimum absolute atomic E-state index is 0.323. The van der Waals surface area contributed by atoms with E-state index in [-0.39, 0.29) is 0 Å². The standard InChI is InChI=1S/C16H15ClN2O2/c1-21-16-8-11(9-18)2-7-14(16)19-10-15(20)12-3-5-13(17)6-4-12/h2-8,15,19-20H,10H2,1H3. The Bertz CT molecular complexity index is 650. The van der Waals surface area contributed by atoms with Gasteiger partial charge < -0.3 is 15.2 Å². The molecule has 0 aliphatic carbocycles. The molecule has 0 bridgehead atoms. The highest BCUT2D eigenvalue weighted by Gasteiger charge is 2.09. The Kier molecular flexibility index (Phi) is 5.04. The van der Waals surface area contributed by atoms with E-state index in [4.69, 9.17) is 21.6 Å². The van der Waals surface area contributed by atoms with E-state index >= 15 is 0 Å². The molecule has 108 valence electrons. The number of nitrogens with zero attached hydrogens (tertiary/aromatic N) is 1. The van der Waals surface area contributed by atoms with Crippen LogP contribution in [0, 0.1) is 11.3 Å². The molecule has 2 aromatic carbocycles. The molecule has 0 heterocycles. The monoisotopic (exact) mass is 302 g/mol. The minimum Gasteiger partial charge on any atom is -0.495 e. The van der Waals surface area contributed by atoms with Gasteiger partial charge in [0.25, 0.3) is 0 Å². The molecular formula is C16H15ClN2O2. The maximum atomic E-state index is 10.1. The summed E-state index contributed by atoms with van der Waals surface area (Å²) in [5.74, 6) is 0.567. The van der Waals surface area contributed by atoms with Crippen molar-refractivity contribution in [2.24, 2.45) is 0 Å². The number of aliphatic hydroxyl groups is 1. The van der Waals surface area contributed by atoms with E-state index in [0.29, 0.717) is 22.9 Å². The van der Waals surface area contributed by atoms with E-state index in [1.54, 1.807) is 42.5 Å². The van der Waals surface area contributed by atoms with Crippen molar-refractivity contribution in [1.29, 1.82) is 5.26 Å². The van der Waals surface area contributed by atoms with Crippen molar-refractivity contribution in [2.75, 3.05) is 19.0 Å². The number of methoxy groups -OCH3 is 1. The predicted molar refractivity (Wildman–Crippen MR) is 82.6 cm³/mol. The zero-order valence-electron chi connectivity index (χ0n) is 11.5. The summed E-state index contributed by atoms with van der Waals surface area (Å²) in [5, 5.41) is 22.7. The average molecular weight is 303 g/mol. The molecule has 0 saturated carbocycles. The molecule has 0 spiro atoms. The van der Waals surface area contributed by atoms with Gasteiger partial charge in [-0.25, -0.2) is 0 Å². The van der Waals surface area contributed by atoms with E-state index in [9.17, 15) is 5.11 Å². The quantitative estimate of drug-likeness (QED) is 0.889. The van der Waals surface area contributed by atoms with Crippen LogP contribution in [0.1, 0.15) is 17.2 Å². The van der Waals surface area contributed by atoms with Gasteiger partial charge >= 0.3 is 0 Å². The van der Waals surface area contributed by atoms with Gasteiger partial charge in [-0.05, 0) is 29.8 Å². The molecule has 5 heteroatoms. The lowest BCUT2D eigenvalue weighted by Gasteiger charge is -2.15. The van der Waals surface area contributed by atoms with Gasteiger partial charge in [0, 0.05) is 17.6 Å². The molecule has 0 radical (unpaired) electrons. The van der Waals surface area contributed by atoms with Crippen LogP contribution < -0.4 is 10.1 Å². The van der Waals surface area contributed by atoms with Crippen LogP contribution in [-0.2, 0) is 0 Å². The van der Waals surface area contributed by atoms with Gasteiger partial charge in [-0.3, -0.25) is 0 Å². The first-order valence-electron chi connectivity index (χ1n) is 6.39. The van der Waals surface area contributed by atoms with E-state index in [2.05, 4.69) is 11.4 Å². The molecule has 1 unspecified atom stereocenters. The van der Waals surface area contributed by atoms with Crippen LogP contribution in [-0.4, -0.2) is 18.8 Å². The van der Waals surface area contributed by atoms with Crippen molar-refractivity contribution in [3.63, 3.8) is 0 Å². The number of nitrogens with one attached hydrogen (secondary N) is 1. The zero-order chi connectivity index (χ0) is 15.2. The Morgan fingerprint density at radius 1 is 1.29 bits per heavy atom. The second kappa shape index (κ2) is 6.98. The number of rotatable bonds is 5. The molecule has 21 heavy (non-hydrogen) atoms. The number of anilines is 1. The molecule has 4 nitrogen and oxygen atoms in total. The summed E-state index contributed by atoms with van der Waals surface area (Å²) in [6.45, 7) is 0.323. The minimum atomic E-state index is -0.664. The first-order valence-corrected chi connectivity index (χ1v) is 6.77. The Balaban J connectivity index is 2.06. The van der Waals surface area contributed by atoms with Crippen molar-refractivity contribution in [3.8, 4) is 11.8 Å². The number of ether oxygens (including phenoxy) is 1. The van der Waals surface area contributed by atoms with Crippen molar-refractivity contribution in [2.45, 2.75) is 6.10 Å². The number of nitriles is 1. The average Bonchev–Trinajstić information content (AvgIpc) is 2.53. The largest absolute Gasteiger partial charge is 0.495 e. The van der Waals surface area contributed by atoms with Crippen LogP contribution in [0.25, 0.3) is 0 Å². The highest BCUT2D eigenvalue weighted by Crippen LogP contribution is 2.26. The summed E-state index contributed by atoms with van der Waals surface area (Å²) >= 11 is 5.82. The third-order valence-electron chi connectivity index (χ3n) is 3.07. The molecule has 2 rings (SSSR count). The molecule has 0 aliphatic rings. The molecule has 0 aliphatic heterocycles. The Hall–Kier alpha value is -2.22. The van der Waals surface area contributed by atoms with Crippen LogP contribution >= 0.6 is 11.6 Å². The maximum Gasteiger partial charge on any atom is 0.143 e. The molecular weight excluding hydrogens is 288 g/mol. The van der Waals surface area contributed by atoms with E-state index in [0.717, 1.165) is 11.3 Å². The molecule has 1 atom stereocenters. The number of hydrogen-bond donors (Lipinski definition) is 2. The van der Waals surface area contributed by atoms with E-state index < -0.39 is 6.10 Å². The van der Waals surface area contributed by atoms with Crippen LogP contribution in [0.3, 0.4) is 0 Å². The van der Waals surface area contributed by atoms with Crippen molar-refractivity contribution in [1.82, 2.24) is 0 Å². The smallest absolute Gasteiger partial charge is 0.143 e. The topological polar surface area (TPSA) is 65.3 Å².